The number of carbonyl (C=O) groups is 1. The van der Waals surface area contributed by atoms with Crippen molar-refractivity contribution in [2.24, 2.45) is 14.1 Å². The van der Waals surface area contributed by atoms with E-state index in [1.807, 2.05) is 71.2 Å². The van der Waals surface area contributed by atoms with Gasteiger partial charge >= 0.3 is 0 Å². The number of fused-ring (bicyclic) bond motifs is 1. The monoisotopic (exact) mass is 531 g/mol. The normalized spacial score (nSPS) is 11.5. The van der Waals surface area contributed by atoms with Crippen LogP contribution >= 0.6 is 0 Å². The minimum Gasteiger partial charge on any atom is -0.508 e. The quantitative estimate of drug-likeness (QED) is 0.223. The van der Waals surface area contributed by atoms with Gasteiger partial charge in [0.15, 0.2) is 6.29 Å². The first kappa shape index (κ1) is 30.6. The lowest BCUT2D eigenvalue weighted by atomic mass is 10.0. The van der Waals surface area contributed by atoms with Crippen LogP contribution in [0.15, 0.2) is 77.9 Å². The van der Waals surface area contributed by atoms with Crippen molar-refractivity contribution in [3.05, 3.63) is 94.7 Å². The van der Waals surface area contributed by atoms with Crippen LogP contribution in [0.5, 0.6) is 17.2 Å². The van der Waals surface area contributed by atoms with E-state index in [2.05, 4.69) is 15.3 Å². The number of benzene rings is 1. The summed E-state index contributed by atoms with van der Waals surface area (Å²) in [5, 5.41) is 13.3. The molecule has 0 amide bonds. The van der Waals surface area contributed by atoms with Crippen LogP contribution in [-0.4, -0.2) is 37.8 Å². The molecule has 3 aromatic heterocycles. The average Bonchev–Trinajstić information content (AvgIpc) is 3.18. The topological polar surface area (TPSA) is 111 Å². The van der Waals surface area contributed by atoms with Gasteiger partial charge in [-0.2, -0.15) is 0 Å². The molecule has 0 aliphatic rings. The number of ether oxygens (including phenoxy) is 1. The average molecular weight is 532 g/mol. The number of hydrogen-bond acceptors (Lipinski definition) is 7. The summed E-state index contributed by atoms with van der Waals surface area (Å²) < 4.78 is 8.98. The van der Waals surface area contributed by atoms with Crippen LogP contribution in [0, 0.1) is 0 Å². The van der Waals surface area contributed by atoms with E-state index in [4.69, 9.17) is 4.74 Å². The maximum Gasteiger partial charge on any atom is 0.277 e. The van der Waals surface area contributed by atoms with Crippen LogP contribution in [0.25, 0.3) is 10.9 Å². The molecule has 206 valence electrons. The molecule has 9 heteroatoms. The fraction of sp³-hybridized carbons (Fsp3) is 0.267. The maximum absolute atomic E-state index is 11.7. The van der Waals surface area contributed by atoms with Crippen LogP contribution in [0.2, 0.25) is 0 Å². The Morgan fingerprint density at radius 2 is 1.79 bits per heavy atom. The number of aromatic hydroxyl groups is 1. The third-order valence-electron chi connectivity index (χ3n) is 5.76. The number of anilines is 1. The van der Waals surface area contributed by atoms with Crippen LogP contribution in [0.1, 0.15) is 49.7 Å². The van der Waals surface area contributed by atoms with Gasteiger partial charge in [0.2, 0.25) is 0 Å². The highest BCUT2D eigenvalue weighted by atomic mass is 16.5. The zero-order valence-corrected chi connectivity index (χ0v) is 23.5. The molecule has 0 radical (unpaired) electrons. The van der Waals surface area contributed by atoms with Crippen LogP contribution < -0.4 is 15.6 Å². The van der Waals surface area contributed by atoms with Crippen LogP contribution in [0.3, 0.4) is 0 Å². The number of carbonyl (C=O) groups excluding carboxylic acids is 1. The lowest BCUT2D eigenvalue weighted by Crippen LogP contribution is -2.18. The first-order valence-corrected chi connectivity index (χ1v) is 12.7. The second-order valence-electron chi connectivity index (χ2n) is 8.21. The van der Waals surface area contributed by atoms with Gasteiger partial charge in [-0.3, -0.25) is 23.9 Å². The van der Waals surface area contributed by atoms with Gasteiger partial charge in [-0.1, -0.05) is 45.1 Å². The molecule has 39 heavy (non-hydrogen) atoms. The molecule has 0 saturated heterocycles. The van der Waals surface area contributed by atoms with Gasteiger partial charge in [-0.25, -0.2) is 4.98 Å². The Morgan fingerprint density at radius 3 is 2.41 bits per heavy atom. The van der Waals surface area contributed by atoms with Crippen molar-refractivity contribution in [2.75, 3.05) is 12.4 Å². The number of hydrogen-bond donors (Lipinski definition) is 2. The fourth-order valence-electron chi connectivity index (χ4n) is 3.75. The van der Waals surface area contributed by atoms with E-state index < -0.39 is 0 Å². The van der Waals surface area contributed by atoms with Crippen molar-refractivity contribution in [3.63, 3.8) is 0 Å². The number of phenols is 1. The van der Waals surface area contributed by atoms with Gasteiger partial charge in [0.25, 0.3) is 5.56 Å². The number of nitrogens with one attached hydrogen (secondary N) is 1. The molecule has 4 aromatic rings. The summed E-state index contributed by atoms with van der Waals surface area (Å²) in [6.45, 7) is 7.89. The minimum atomic E-state index is -0.246. The molecular formula is C30H37N5O4. The zero-order valence-electron chi connectivity index (χ0n) is 23.5. The van der Waals surface area contributed by atoms with Crippen molar-refractivity contribution < 1.29 is 14.6 Å². The fourth-order valence-corrected chi connectivity index (χ4v) is 3.75. The number of allylic oxidation sites excluding steroid dienone is 4. The largest absolute Gasteiger partial charge is 0.508 e. The molecule has 0 aliphatic carbocycles. The summed E-state index contributed by atoms with van der Waals surface area (Å²) in [4.78, 5) is 31.1. The predicted octanol–water partition coefficient (Wildman–Crippen LogP) is 5.97. The molecule has 0 spiro atoms. The van der Waals surface area contributed by atoms with Crippen molar-refractivity contribution in [3.8, 4) is 17.2 Å². The molecule has 0 bridgehead atoms. The summed E-state index contributed by atoms with van der Waals surface area (Å²) in [6.07, 6.45) is 11.6. The molecule has 1 aromatic carbocycles. The second-order valence-corrected chi connectivity index (χ2v) is 8.21. The van der Waals surface area contributed by atoms with E-state index in [1.165, 1.54) is 4.68 Å². The highest BCUT2D eigenvalue weighted by Gasteiger charge is 2.18. The number of aldehydes is 1. The molecule has 2 N–H and O–H groups in total. The van der Waals surface area contributed by atoms with Crippen LogP contribution in [0.4, 0.5) is 5.82 Å². The van der Waals surface area contributed by atoms with E-state index in [-0.39, 0.29) is 22.8 Å². The molecule has 1 atom stereocenters. The lowest BCUT2D eigenvalue weighted by Gasteiger charge is -2.10. The Hall–Kier alpha value is -4.66. The minimum absolute atomic E-state index is 0.0188. The van der Waals surface area contributed by atoms with E-state index in [0.717, 1.165) is 16.9 Å². The number of pyridine rings is 2. The van der Waals surface area contributed by atoms with Gasteiger partial charge < -0.3 is 15.2 Å². The van der Waals surface area contributed by atoms with E-state index in [0.29, 0.717) is 23.3 Å². The molecular weight excluding hydrogens is 494 g/mol. The highest BCUT2D eigenvalue weighted by molar-refractivity contribution is 5.86. The second kappa shape index (κ2) is 14.9. The number of nitrogens with zero attached hydrogens (tertiary/aromatic N) is 4. The van der Waals surface area contributed by atoms with E-state index in [1.54, 1.807) is 55.4 Å². The van der Waals surface area contributed by atoms with Crippen molar-refractivity contribution in [1.29, 1.82) is 0 Å². The summed E-state index contributed by atoms with van der Waals surface area (Å²) in [7, 11) is 5.25. The Bertz CT molecular complexity index is 1480. The first-order chi connectivity index (χ1) is 18.8. The van der Waals surface area contributed by atoms with E-state index >= 15 is 0 Å². The van der Waals surface area contributed by atoms with Gasteiger partial charge in [0.05, 0.1) is 17.4 Å². The van der Waals surface area contributed by atoms with E-state index in [9.17, 15) is 14.7 Å². The smallest absolute Gasteiger partial charge is 0.277 e. The molecule has 4 rings (SSSR count). The zero-order chi connectivity index (χ0) is 28.9. The maximum atomic E-state index is 11.7. The third kappa shape index (κ3) is 7.67. The summed E-state index contributed by atoms with van der Waals surface area (Å²) in [6, 6.07) is 10.5. The molecule has 0 fully saturated rings. The Kier molecular flexibility index (Phi) is 11.7. The SMILES string of the molecule is C/C=C\C=C/C(C)c1c(C=O)c(=O)n(C)n1C.CC.CNc1ccc(Oc2ccnc3cc(O)ccc23)cn1. The molecule has 1 unspecified atom stereocenters. The number of rotatable bonds is 7. The summed E-state index contributed by atoms with van der Waals surface area (Å²) in [5.74, 6) is 2.30. The van der Waals surface area contributed by atoms with Gasteiger partial charge in [-0.15, -0.1) is 0 Å². The highest BCUT2D eigenvalue weighted by Crippen LogP contribution is 2.30. The standard InChI is InChI=1S/C15H13N3O2.C13H18N2O2.C2H6/c1-16-15-5-3-11(9-18-15)20-14-6-7-17-13-8-10(19)2-4-12(13)14;1-5-6-7-8-10(2)12-11(9-16)13(17)15(4)14(12)3;1-2/h2-9,19H,1H3,(H,16,18);5-10H,1-4H3;1-2H3/b;6-5-,8-7-;. The third-order valence-corrected chi connectivity index (χ3v) is 5.76. The lowest BCUT2D eigenvalue weighted by molar-refractivity contribution is 0.112. The Labute approximate surface area is 229 Å². The van der Waals surface area contributed by atoms with Crippen molar-refractivity contribution in [2.45, 2.75) is 33.6 Å². The summed E-state index contributed by atoms with van der Waals surface area (Å²) >= 11 is 0. The number of aromatic nitrogens is 4. The molecule has 0 saturated carbocycles. The first-order valence-electron chi connectivity index (χ1n) is 12.7. The van der Waals surface area contributed by atoms with Crippen molar-refractivity contribution in [1.82, 2.24) is 19.3 Å². The molecule has 9 nitrogen and oxygen atoms in total. The van der Waals surface area contributed by atoms with Gasteiger partial charge in [-0.05, 0) is 37.3 Å². The Morgan fingerprint density at radius 1 is 1.05 bits per heavy atom. The number of phenolic OH excluding ortho intramolecular Hbond substituents is 1. The predicted molar refractivity (Wildman–Crippen MR) is 157 cm³/mol. The molecule has 3 heterocycles. The van der Waals surface area contributed by atoms with Crippen LogP contribution in [-0.2, 0) is 14.1 Å². The van der Waals surface area contributed by atoms with Crippen molar-refractivity contribution >= 4 is 23.0 Å². The molecule has 0 aliphatic heterocycles. The summed E-state index contributed by atoms with van der Waals surface area (Å²) in [5.41, 5.74) is 1.42. The van der Waals surface area contributed by atoms with Gasteiger partial charge in [0.1, 0.15) is 28.6 Å². The Balaban J connectivity index is 0.000000261. The van der Waals surface area contributed by atoms with Gasteiger partial charge in [0, 0.05) is 44.7 Å².